The molecule has 0 fully saturated rings. The molecular weight excluding hydrogens is 1170 g/mol. The third-order valence-electron chi connectivity index (χ3n) is 9.80. The van der Waals surface area contributed by atoms with E-state index < -0.39 is 0 Å². The molecule has 0 aliphatic rings. The van der Waals surface area contributed by atoms with E-state index in [-0.39, 0.29) is 42.1 Å². The Kier molecular flexibility index (Phi) is 14.7. The van der Waals surface area contributed by atoms with Gasteiger partial charge in [-0.1, -0.05) is 132 Å². The quantitative estimate of drug-likeness (QED) is 0.127. The van der Waals surface area contributed by atoms with Crippen LogP contribution in [0.25, 0.3) is 87.9 Å². The summed E-state index contributed by atoms with van der Waals surface area (Å²) >= 11 is 11.6. The van der Waals surface area contributed by atoms with E-state index in [0.717, 1.165) is 66.4 Å². The monoisotopic (exact) mass is 1200 g/mol. The zero-order valence-corrected chi connectivity index (χ0v) is 38.6. The number of fused-ring (bicyclic) bond motifs is 8. The van der Waals surface area contributed by atoms with Crippen LogP contribution in [-0.2, 0) is 42.1 Å². The van der Waals surface area contributed by atoms with Crippen molar-refractivity contribution in [2.45, 2.75) is 0 Å². The number of halogens is 2. The maximum atomic E-state index is 5.80. The second-order valence-electron chi connectivity index (χ2n) is 13.6. The van der Waals surface area contributed by atoms with Crippen molar-refractivity contribution in [2.24, 2.45) is 0 Å². The van der Waals surface area contributed by atoms with Gasteiger partial charge in [-0.05, 0) is 101 Å². The second kappa shape index (κ2) is 20.7. The Morgan fingerprint density at radius 2 is 0.758 bits per heavy atom. The van der Waals surface area contributed by atoms with E-state index in [2.05, 4.69) is 66.3 Å². The van der Waals surface area contributed by atoms with Crippen LogP contribution in [0, 0.1) is 12.1 Å². The first-order valence-corrected chi connectivity index (χ1v) is 19.9. The molecule has 304 valence electrons. The van der Waals surface area contributed by atoms with Crippen LogP contribution in [0.15, 0.2) is 194 Å². The van der Waals surface area contributed by atoms with Gasteiger partial charge in [0, 0.05) is 22.7 Å². The fourth-order valence-corrected chi connectivity index (χ4v) is 7.30. The molecule has 6 heterocycles. The summed E-state index contributed by atoms with van der Waals surface area (Å²) in [5.41, 5.74) is 7.46. The van der Waals surface area contributed by atoms with Gasteiger partial charge >= 0.3 is 42.1 Å². The van der Waals surface area contributed by atoms with Crippen LogP contribution in [0.1, 0.15) is 0 Å². The summed E-state index contributed by atoms with van der Waals surface area (Å²) in [5.74, 6) is 0. The van der Waals surface area contributed by atoms with Crippen LogP contribution in [0.3, 0.4) is 0 Å². The molecule has 0 aliphatic carbocycles. The Morgan fingerprint density at radius 1 is 0.371 bits per heavy atom. The zero-order chi connectivity index (χ0) is 40.7. The van der Waals surface area contributed by atoms with Gasteiger partial charge in [0.1, 0.15) is 0 Å². The van der Waals surface area contributed by atoms with E-state index in [1.165, 1.54) is 21.5 Å². The third-order valence-corrected chi connectivity index (χ3v) is 10.2. The van der Waals surface area contributed by atoms with Gasteiger partial charge < -0.3 is 29.9 Å². The first kappa shape index (κ1) is 44.1. The van der Waals surface area contributed by atoms with Crippen molar-refractivity contribution in [1.82, 2.24) is 29.9 Å². The average Bonchev–Trinajstić information content (AvgIpc) is 3.87. The molecule has 6 aromatic heterocycles. The summed E-state index contributed by atoms with van der Waals surface area (Å²) in [4.78, 5) is 26.0. The first-order valence-electron chi connectivity index (χ1n) is 19.2. The number of benzene rings is 6. The molecule has 12 rings (SSSR count). The number of nitrogens with zero attached hydrogens (tertiary/aromatic N) is 6. The van der Waals surface area contributed by atoms with Gasteiger partial charge in [0.05, 0.1) is 0 Å². The van der Waals surface area contributed by atoms with Crippen LogP contribution in [0.4, 0.5) is 0 Å². The van der Waals surface area contributed by atoms with E-state index in [1.54, 1.807) is 12.1 Å². The molecule has 0 spiro atoms. The fourth-order valence-electron chi connectivity index (χ4n) is 7.02. The Morgan fingerprint density at radius 3 is 1.18 bits per heavy atom. The summed E-state index contributed by atoms with van der Waals surface area (Å²) in [7, 11) is 0. The smallest absolute Gasteiger partial charge is 0.435 e. The molecule has 10 heteroatoms. The van der Waals surface area contributed by atoms with Gasteiger partial charge in [-0.25, -0.2) is 0 Å². The minimum atomic E-state index is 0. The number of hydrogen-bond acceptors (Lipinski definition) is 4. The van der Waals surface area contributed by atoms with E-state index in [4.69, 9.17) is 23.2 Å². The minimum Gasteiger partial charge on any atom is -0.435 e. The number of aromatic nitrogens is 6. The summed E-state index contributed by atoms with van der Waals surface area (Å²) in [5, 5.41) is 10.1. The molecule has 0 radical (unpaired) electrons. The third kappa shape index (κ3) is 9.86. The largest absolute Gasteiger partial charge is 2.00 e. The normalized spacial score (nSPS) is 10.5. The van der Waals surface area contributed by atoms with Crippen LogP contribution in [0.5, 0.6) is 0 Å². The summed E-state index contributed by atoms with van der Waals surface area (Å²) in [6.45, 7) is 0. The predicted molar refractivity (Wildman–Crippen MR) is 247 cm³/mol. The van der Waals surface area contributed by atoms with Gasteiger partial charge in [-0.3, -0.25) is 0 Å². The Hall–Kier alpha value is -6.00. The summed E-state index contributed by atoms with van der Waals surface area (Å²) in [6, 6.07) is 66.4. The van der Waals surface area contributed by atoms with Crippen molar-refractivity contribution in [2.75, 3.05) is 0 Å². The minimum absolute atomic E-state index is 0. The zero-order valence-electron chi connectivity index (χ0n) is 32.5. The molecule has 0 N–H and O–H groups in total. The van der Waals surface area contributed by atoms with Gasteiger partial charge in [-0.15, -0.1) is 71.8 Å². The second-order valence-corrected chi connectivity index (χ2v) is 14.4. The first-order chi connectivity index (χ1) is 29.6. The van der Waals surface area contributed by atoms with Crippen LogP contribution in [0.2, 0.25) is 10.3 Å². The molecule has 0 saturated carbocycles. The van der Waals surface area contributed by atoms with Crippen LogP contribution >= 0.6 is 23.2 Å². The molecule has 0 aliphatic heterocycles. The topological polar surface area (TPSA) is 79.8 Å². The van der Waals surface area contributed by atoms with Crippen molar-refractivity contribution < 1.29 is 42.1 Å². The van der Waals surface area contributed by atoms with Crippen molar-refractivity contribution >= 4 is 88.6 Å². The van der Waals surface area contributed by atoms with E-state index in [9.17, 15) is 0 Å². The molecule has 12 aromatic rings. The van der Waals surface area contributed by atoms with E-state index in [0.29, 0.717) is 10.3 Å². The fraction of sp³-hybridized carbons (Fsp3) is 0. The summed E-state index contributed by atoms with van der Waals surface area (Å²) < 4.78 is 0. The van der Waals surface area contributed by atoms with Crippen molar-refractivity contribution in [3.05, 3.63) is 217 Å². The molecule has 0 amide bonds. The predicted octanol–water partition coefficient (Wildman–Crippen LogP) is 13.4. The van der Waals surface area contributed by atoms with E-state index >= 15 is 0 Å². The van der Waals surface area contributed by atoms with Gasteiger partial charge in [0.25, 0.3) is 0 Å². The Balaban J connectivity index is 0.000000123. The van der Waals surface area contributed by atoms with Crippen LogP contribution < -0.4 is 9.97 Å². The molecule has 6 aromatic carbocycles. The van der Waals surface area contributed by atoms with Gasteiger partial charge in [-0.2, -0.15) is 0 Å². The van der Waals surface area contributed by atoms with Crippen LogP contribution in [-0.4, -0.2) is 19.9 Å². The Labute approximate surface area is 397 Å². The number of pyridine rings is 4. The molecule has 0 atom stereocenters. The SMILES string of the molecule is Clc1ccc2c(n1)[n-]c1ccccc12.Clc1ccc2c(n1)[n-]c1ccccc12.[Pt+2].[Pt+2].[c-]1ccccc1-c1nccc2ccccc12.[c-]1ccccc1-c1nccc2ccccc12. The molecule has 0 bridgehead atoms. The number of rotatable bonds is 2. The van der Waals surface area contributed by atoms with E-state index in [1.807, 2.05) is 158 Å². The summed E-state index contributed by atoms with van der Waals surface area (Å²) in [6.07, 6.45) is 3.69. The number of para-hydroxylation sites is 2. The molecular formula is C52H32Cl2N6Pt2. The Bertz CT molecular complexity index is 3140. The molecule has 6 nitrogen and oxygen atoms in total. The number of hydrogen-bond donors (Lipinski definition) is 0. The average molecular weight is 1200 g/mol. The van der Waals surface area contributed by atoms with Crippen molar-refractivity contribution in [1.29, 1.82) is 0 Å². The molecule has 0 unspecified atom stereocenters. The standard InChI is InChI=1S/2C15H10N.2C11H6ClN2.2Pt/c2*1-2-7-13(8-3-1)15-14-9-5-4-6-12(14)10-11-16-15;2*12-10-6-5-8-7-3-1-2-4-9(7)13-11(8)14-10;;/h2*1-7,9-11H;2*1-6H;;/q4*-1;2*+2. The van der Waals surface area contributed by atoms with Crippen molar-refractivity contribution in [3.63, 3.8) is 0 Å². The molecule has 62 heavy (non-hydrogen) atoms. The van der Waals surface area contributed by atoms with Gasteiger partial charge in [0.15, 0.2) is 0 Å². The maximum Gasteiger partial charge on any atom is 2.00 e. The molecule has 0 saturated heterocycles. The van der Waals surface area contributed by atoms with Gasteiger partial charge in [0.2, 0.25) is 0 Å². The maximum absolute atomic E-state index is 5.80. The van der Waals surface area contributed by atoms with Crippen molar-refractivity contribution in [3.8, 4) is 22.5 Å².